The summed E-state index contributed by atoms with van der Waals surface area (Å²) in [5.41, 5.74) is -0.754. The van der Waals surface area contributed by atoms with E-state index in [2.05, 4.69) is 83.1 Å². The monoisotopic (exact) mass is 430 g/mol. The predicted molar refractivity (Wildman–Crippen MR) is 121 cm³/mol. The van der Waals surface area contributed by atoms with Crippen molar-refractivity contribution in [1.29, 1.82) is 0 Å². The number of hydrogen-bond donors (Lipinski definition) is 0. The first-order valence-electron chi connectivity index (χ1n) is 10.5. The van der Waals surface area contributed by atoms with E-state index in [-0.39, 0.29) is 34.2 Å². The van der Waals surface area contributed by atoms with Crippen LogP contribution in [0.4, 0.5) is 0 Å². The molecule has 28 heavy (non-hydrogen) atoms. The number of ether oxygens (including phenoxy) is 4. The lowest BCUT2D eigenvalue weighted by atomic mass is 10.2. The summed E-state index contributed by atoms with van der Waals surface area (Å²) >= 11 is 0. The van der Waals surface area contributed by atoms with Crippen LogP contribution in [0.5, 0.6) is 0 Å². The first-order valence-corrected chi connectivity index (χ1v) is 13.1. The van der Waals surface area contributed by atoms with Gasteiger partial charge in [-0.15, -0.1) is 0 Å². The van der Waals surface area contributed by atoms with Gasteiger partial charge < -0.3 is 18.9 Å². The zero-order chi connectivity index (χ0) is 22.2. The third kappa shape index (κ3) is 19.6. The van der Waals surface area contributed by atoms with Crippen LogP contribution in [-0.2, 0) is 18.9 Å². The van der Waals surface area contributed by atoms with Gasteiger partial charge in [-0.05, 0) is 83.1 Å². The molecule has 0 unspecified atom stereocenters. The largest absolute Gasteiger partial charge is 0.351 e. The van der Waals surface area contributed by atoms with Crippen LogP contribution < -0.4 is 0 Å². The van der Waals surface area contributed by atoms with E-state index in [0.29, 0.717) is 19.0 Å². The standard InChI is InChI=1S/C22H46O4Si2/c1-19(2,3)23-17(24-20(4,5)6)27-15-13-14-16-28-18(25-21(7,8)9)26-22(10,11)12/h17-18H,13-16H2,1-12H3. The molecule has 0 rings (SSSR count). The van der Waals surface area contributed by atoms with Gasteiger partial charge in [0, 0.05) is 0 Å². The molecule has 0 N–H and O–H groups in total. The highest BCUT2D eigenvalue weighted by atomic mass is 28.2. The van der Waals surface area contributed by atoms with E-state index in [0.717, 1.165) is 12.1 Å². The number of rotatable bonds is 11. The van der Waals surface area contributed by atoms with Gasteiger partial charge in [0.05, 0.1) is 22.4 Å². The molecule has 0 amide bonds. The third-order valence-corrected chi connectivity index (χ3v) is 5.49. The van der Waals surface area contributed by atoms with E-state index in [1.165, 1.54) is 12.8 Å². The Hall–Kier alpha value is 0.274. The Morgan fingerprint density at radius 3 is 0.857 bits per heavy atom. The van der Waals surface area contributed by atoms with Crippen molar-refractivity contribution in [3.05, 3.63) is 0 Å². The topological polar surface area (TPSA) is 36.9 Å². The van der Waals surface area contributed by atoms with Crippen LogP contribution in [0, 0.1) is 0 Å². The summed E-state index contributed by atoms with van der Waals surface area (Å²) in [4.78, 5) is 0. The van der Waals surface area contributed by atoms with E-state index in [4.69, 9.17) is 18.9 Å². The highest BCUT2D eigenvalue weighted by Crippen LogP contribution is 2.20. The number of unbranched alkanes of at least 4 members (excludes halogenated alkanes) is 1. The fourth-order valence-electron chi connectivity index (χ4n) is 2.19. The maximum atomic E-state index is 6.12. The van der Waals surface area contributed by atoms with Crippen molar-refractivity contribution >= 4 is 19.0 Å². The SMILES string of the molecule is CC(C)(C)OC(OC(C)(C)C)[Si]CCCC[Si]C(OC(C)(C)C)OC(C)(C)C. The summed E-state index contributed by atoms with van der Waals surface area (Å²) in [6, 6.07) is 2.26. The van der Waals surface area contributed by atoms with Gasteiger partial charge in [-0.2, -0.15) is 0 Å². The molecule has 6 heteroatoms. The summed E-state index contributed by atoms with van der Waals surface area (Å²) in [6.07, 6.45) is 2.36. The minimum Gasteiger partial charge on any atom is -0.351 e. The van der Waals surface area contributed by atoms with Crippen LogP contribution >= 0.6 is 0 Å². The molecule has 0 aliphatic rings. The second kappa shape index (κ2) is 11.6. The molecule has 0 atom stereocenters. The second-order valence-corrected chi connectivity index (χ2v) is 14.0. The summed E-state index contributed by atoms with van der Waals surface area (Å²) in [6.45, 7) is 25.0. The zero-order valence-corrected chi connectivity index (χ0v) is 22.6. The van der Waals surface area contributed by atoms with E-state index in [9.17, 15) is 0 Å². The quantitative estimate of drug-likeness (QED) is 0.234. The Labute approximate surface area is 180 Å². The zero-order valence-electron chi connectivity index (χ0n) is 20.6. The lowest BCUT2D eigenvalue weighted by Crippen LogP contribution is -2.39. The second-order valence-electron chi connectivity index (χ2n) is 11.2. The molecule has 166 valence electrons. The van der Waals surface area contributed by atoms with Gasteiger partial charge in [0.15, 0.2) is 0 Å². The Kier molecular flexibility index (Phi) is 11.7. The van der Waals surface area contributed by atoms with Crippen LogP contribution in [0.3, 0.4) is 0 Å². The van der Waals surface area contributed by atoms with E-state index < -0.39 is 0 Å². The molecule has 4 nitrogen and oxygen atoms in total. The third-order valence-electron chi connectivity index (χ3n) is 3.07. The molecule has 0 bridgehead atoms. The molecule has 0 spiro atoms. The van der Waals surface area contributed by atoms with Crippen LogP contribution in [0.1, 0.15) is 95.9 Å². The van der Waals surface area contributed by atoms with Crippen molar-refractivity contribution in [2.24, 2.45) is 0 Å². The van der Waals surface area contributed by atoms with Gasteiger partial charge in [-0.25, -0.2) is 0 Å². The Balaban J connectivity index is 4.34. The van der Waals surface area contributed by atoms with E-state index >= 15 is 0 Å². The van der Waals surface area contributed by atoms with Gasteiger partial charge in [0.1, 0.15) is 30.9 Å². The fourth-order valence-corrected chi connectivity index (χ4v) is 5.32. The highest BCUT2D eigenvalue weighted by Gasteiger charge is 2.26. The van der Waals surface area contributed by atoms with Gasteiger partial charge in [-0.1, -0.05) is 24.9 Å². The maximum Gasteiger partial charge on any atom is 0.138 e. The molecule has 0 aromatic carbocycles. The Bertz CT molecular complexity index is 342. The van der Waals surface area contributed by atoms with Crippen LogP contribution in [-0.4, -0.2) is 53.3 Å². The smallest absolute Gasteiger partial charge is 0.138 e. The molecule has 0 aromatic rings. The molecular weight excluding hydrogens is 384 g/mol. The van der Waals surface area contributed by atoms with Crippen LogP contribution in [0.25, 0.3) is 0 Å². The summed E-state index contributed by atoms with van der Waals surface area (Å²) in [5.74, 6) is -0.243. The van der Waals surface area contributed by atoms with Crippen LogP contribution in [0.2, 0.25) is 12.1 Å². The van der Waals surface area contributed by atoms with Crippen molar-refractivity contribution in [2.45, 2.75) is 142 Å². The predicted octanol–water partition coefficient (Wildman–Crippen LogP) is 5.84. The van der Waals surface area contributed by atoms with E-state index in [1.54, 1.807) is 0 Å². The van der Waals surface area contributed by atoms with Crippen LogP contribution in [0.15, 0.2) is 0 Å². The lowest BCUT2D eigenvalue weighted by molar-refractivity contribution is -0.194. The average molecular weight is 431 g/mol. The van der Waals surface area contributed by atoms with Crippen molar-refractivity contribution in [1.82, 2.24) is 0 Å². The van der Waals surface area contributed by atoms with Crippen molar-refractivity contribution in [3.8, 4) is 0 Å². The summed E-state index contributed by atoms with van der Waals surface area (Å²) in [7, 11) is 1.31. The Morgan fingerprint density at radius 1 is 0.464 bits per heavy atom. The van der Waals surface area contributed by atoms with E-state index in [1.807, 2.05) is 0 Å². The van der Waals surface area contributed by atoms with Gasteiger partial charge in [0.25, 0.3) is 0 Å². The Morgan fingerprint density at radius 2 is 0.679 bits per heavy atom. The van der Waals surface area contributed by atoms with Crippen molar-refractivity contribution in [2.75, 3.05) is 0 Å². The van der Waals surface area contributed by atoms with Gasteiger partial charge in [-0.3, -0.25) is 0 Å². The number of hydrogen-bond acceptors (Lipinski definition) is 4. The maximum absolute atomic E-state index is 6.12. The minimum atomic E-state index is -0.188. The molecule has 0 fully saturated rings. The van der Waals surface area contributed by atoms with Gasteiger partial charge in [0.2, 0.25) is 0 Å². The molecule has 0 heterocycles. The summed E-state index contributed by atoms with van der Waals surface area (Å²) in [5, 5.41) is 0. The molecule has 0 aromatic heterocycles. The fraction of sp³-hybridized carbons (Fsp3) is 1.00. The average Bonchev–Trinajstić information content (AvgIpc) is 2.34. The normalized spacial score (nSPS) is 14.4. The molecule has 0 saturated carbocycles. The van der Waals surface area contributed by atoms with Crippen molar-refractivity contribution < 1.29 is 18.9 Å². The molecule has 4 radical (unpaired) electrons. The first-order chi connectivity index (χ1) is 12.4. The molecule has 0 aliphatic carbocycles. The minimum absolute atomic E-state index is 0.122. The molecular formula is C22H46O4Si2. The highest BCUT2D eigenvalue weighted by molar-refractivity contribution is 6.37. The molecule has 0 aliphatic heterocycles. The lowest BCUT2D eigenvalue weighted by Gasteiger charge is -2.33. The first kappa shape index (κ1) is 28.3. The summed E-state index contributed by atoms with van der Waals surface area (Å²) < 4.78 is 24.5. The van der Waals surface area contributed by atoms with Crippen molar-refractivity contribution in [3.63, 3.8) is 0 Å². The molecule has 0 saturated heterocycles. The van der Waals surface area contributed by atoms with Gasteiger partial charge >= 0.3 is 0 Å².